The van der Waals surface area contributed by atoms with E-state index in [0.717, 1.165) is 22.4 Å². The monoisotopic (exact) mass is 399 g/mol. The van der Waals surface area contributed by atoms with E-state index in [4.69, 9.17) is 4.52 Å². The number of aromatic nitrogens is 3. The summed E-state index contributed by atoms with van der Waals surface area (Å²) >= 11 is 0. The first kappa shape index (κ1) is 19.3. The van der Waals surface area contributed by atoms with Crippen molar-refractivity contribution in [1.29, 1.82) is 0 Å². The summed E-state index contributed by atoms with van der Waals surface area (Å²) in [5, 5.41) is 9.94. The number of benzene rings is 2. The maximum atomic E-state index is 13.0. The third-order valence-corrected chi connectivity index (χ3v) is 4.50. The van der Waals surface area contributed by atoms with E-state index in [0.29, 0.717) is 23.2 Å². The van der Waals surface area contributed by atoms with Crippen molar-refractivity contribution in [3.63, 3.8) is 0 Å². The lowest BCUT2D eigenvalue weighted by molar-refractivity contribution is 0.102. The molecule has 4 aromatic rings. The quantitative estimate of drug-likeness (QED) is 0.488. The predicted molar refractivity (Wildman–Crippen MR) is 116 cm³/mol. The van der Waals surface area contributed by atoms with E-state index in [1.807, 2.05) is 62.4 Å². The van der Waals surface area contributed by atoms with Crippen molar-refractivity contribution in [2.45, 2.75) is 20.8 Å². The number of carbonyl (C=O) groups is 1. The number of anilines is 3. The number of rotatable bonds is 5. The Morgan fingerprint density at radius 3 is 2.40 bits per heavy atom. The van der Waals surface area contributed by atoms with Gasteiger partial charge in [0.1, 0.15) is 17.3 Å². The molecule has 4 rings (SSSR count). The van der Waals surface area contributed by atoms with E-state index in [1.165, 1.54) is 0 Å². The minimum Gasteiger partial charge on any atom is -0.360 e. The fourth-order valence-electron chi connectivity index (χ4n) is 3.04. The molecule has 30 heavy (non-hydrogen) atoms. The summed E-state index contributed by atoms with van der Waals surface area (Å²) in [6, 6.07) is 18.7. The van der Waals surface area contributed by atoms with Gasteiger partial charge >= 0.3 is 0 Å². The first-order valence-electron chi connectivity index (χ1n) is 9.51. The maximum Gasteiger partial charge on any atom is 0.274 e. The summed E-state index contributed by atoms with van der Waals surface area (Å²) in [5.74, 6) is 1.74. The minimum atomic E-state index is -0.319. The van der Waals surface area contributed by atoms with Gasteiger partial charge in [-0.15, -0.1) is 0 Å². The van der Waals surface area contributed by atoms with Crippen LogP contribution in [0.5, 0.6) is 0 Å². The minimum absolute atomic E-state index is 0.242. The fraction of sp³-hybridized carbons (Fsp3) is 0.130. The Hall–Kier alpha value is -4.00. The molecule has 0 radical (unpaired) electrons. The molecule has 0 aliphatic rings. The van der Waals surface area contributed by atoms with Gasteiger partial charge in [-0.3, -0.25) is 4.79 Å². The maximum absolute atomic E-state index is 13.0. The van der Waals surface area contributed by atoms with Crippen molar-refractivity contribution in [1.82, 2.24) is 15.1 Å². The van der Waals surface area contributed by atoms with E-state index in [1.54, 1.807) is 19.1 Å². The third-order valence-electron chi connectivity index (χ3n) is 4.50. The van der Waals surface area contributed by atoms with Crippen LogP contribution in [0.25, 0.3) is 11.4 Å². The Balaban J connectivity index is 1.70. The molecule has 0 fully saturated rings. The lowest BCUT2D eigenvalue weighted by atomic mass is 10.1. The van der Waals surface area contributed by atoms with Crippen LogP contribution >= 0.6 is 0 Å². The Morgan fingerprint density at radius 1 is 0.900 bits per heavy atom. The zero-order valence-corrected chi connectivity index (χ0v) is 16.9. The molecule has 2 heterocycles. The molecular formula is C23H21N5O2. The average molecular weight is 399 g/mol. The van der Waals surface area contributed by atoms with Crippen LogP contribution in [0.4, 0.5) is 17.3 Å². The Morgan fingerprint density at radius 2 is 1.70 bits per heavy atom. The van der Waals surface area contributed by atoms with Crippen LogP contribution in [0.15, 0.2) is 65.2 Å². The summed E-state index contributed by atoms with van der Waals surface area (Å²) < 4.78 is 5.10. The molecule has 2 aromatic heterocycles. The number of carbonyl (C=O) groups excluding carboxylic acids is 1. The standard InChI is InChI=1S/C23H21N5O2/c1-14-9-10-18(15(2)11-14)25-23(29)19-13-20(26-21-12-16(3)30-28-21)27-22(24-19)17-7-5-4-6-8-17/h4-13H,1-3H3,(H,25,29)(H,24,26,27,28). The SMILES string of the molecule is Cc1ccc(NC(=O)c2cc(Nc3cc(C)on3)nc(-c3ccccc3)n2)c(C)c1. The summed E-state index contributed by atoms with van der Waals surface area (Å²) in [5.41, 5.74) is 3.90. The smallest absolute Gasteiger partial charge is 0.274 e. The summed E-state index contributed by atoms with van der Waals surface area (Å²) in [6.07, 6.45) is 0. The van der Waals surface area contributed by atoms with Crippen LogP contribution < -0.4 is 10.6 Å². The number of hydrogen-bond acceptors (Lipinski definition) is 6. The van der Waals surface area contributed by atoms with Crippen molar-refractivity contribution >= 4 is 23.2 Å². The van der Waals surface area contributed by atoms with Gasteiger partial charge in [0.05, 0.1) is 0 Å². The lowest BCUT2D eigenvalue weighted by Crippen LogP contribution is -2.16. The van der Waals surface area contributed by atoms with Crippen LogP contribution in [0.3, 0.4) is 0 Å². The van der Waals surface area contributed by atoms with E-state index >= 15 is 0 Å². The second-order valence-corrected chi connectivity index (χ2v) is 7.05. The predicted octanol–water partition coefficient (Wildman–Crippen LogP) is 5.05. The van der Waals surface area contributed by atoms with Gasteiger partial charge in [0.15, 0.2) is 11.6 Å². The Labute approximate surface area is 174 Å². The third kappa shape index (κ3) is 4.35. The number of amides is 1. The molecule has 0 bridgehead atoms. The molecule has 2 aromatic carbocycles. The van der Waals surface area contributed by atoms with Crippen molar-refractivity contribution in [2.75, 3.05) is 10.6 Å². The Kier molecular flexibility index (Phi) is 5.26. The van der Waals surface area contributed by atoms with Gasteiger partial charge in [-0.25, -0.2) is 9.97 Å². The lowest BCUT2D eigenvalue weighted by Gasteiger charge is -2.11. The molecule has 0 unspecified atom stereocenters. The summed E-state index contributed by atoms with van der Waals surface area (Å²) in [4.78, 5) is 22.0. The van der Waals surface area contributed by atoms with E-state index in [-0.39, 0.29) is 11.6 Å². The van der Waals surface area contributed by atoms with Gasteiger partial charge in [-0.2, -0.15) is 0 Å². The molecule has 150 valence electrons. The van der Waals surface area contributed by atoms with Gasteiger partial charge in [-0.1, -0.05) is 53.2 Å². The Bertz CT molecular complexity index is 1200. The van der Waals surface area contributed by atoms with Gasteiger partial charge in [-0.05, 0) is 32.4 Å². The van der Waals surface area contributed by atoms with E-state index < -0.39 is 0 Å². The first-order valence-corrected chi connectivity index (χ1v) is 9.51. The molecule has 0 saturated carbocycles. The molecule has 0 saturated heterocycles. The van der Waals surface area contributed by atoms with Crippen LogP contribution in [-0.4, -0.2) is 21.0 Å². The number of aryl methyl sites for hydroxylation is 3. The molecule has 0 aliphatic heterocycles. The fourth-order valence-corrected chi connectivity index (χ4v) is 3.04. The van der Waals surface area contributed by atoms with E-state index in [9.17, 15) is 4.79 Å². The number of hydrogen-bond donors (Lipinski definition) is 2. The normalized spacial score (nSPS) is 10.6. The second kappa shape index (κ2) is 8.16. The van der Waals surface area contributed by atoms with Crippen molar-refractivity contribution in [2.24, 2.45) is 0 Å². The zero-order valence-electron chi connectivity index (χ0n) is 16.9. The largest absolute Gasteiger partial charge is 0.360 e. The van der Waals surface area contributed by atoms with Gasteiger partial charge in [0.25, 0.3) is 5.91 Å². The van der Waals surface area contributed by atoms with Crippen LogP contribution in [-0.2, 0) is 0 Å². The summed E-state index contributed by atoms with van der Waals surface area (Å²) in [7, 11) is 0. The molecule has 7 nitrogen and oxygen atoms in total. The van der Waals surface area contributed by atoms with E-state index in [2.05, 4.69) is 25.8 Å². The van der Waals surface area contributed by atoms with Crippen LogP contribution in [0.2, 0.25) is 0 Å². The van der Waals surface area contributed by atoms with Gasteiger partial charge in [0.2, 0.25) is 0 Å². The highest BCUT2D eigenvalue weighted by Gasteiger charge is 2.15. The molecule has 0 aliphatic carbocycles. The highest BCUT2D eigenvalue weighted by molar-refractivity contribution is 6.04. The second-order valence-electron chi connectivity index (χ2n) is 7.05. The highest BCUT2D eigenvalue weighted by atomic mass is 16.5. The summed E-state index contributed by atoms with van der Waals surface area (Å²) in [6.45, 7) is 5.77. The number of nitrogens with one attached hydrogen (secondary N) is 2. The molecule has 7 heteroatoms. The molecule has 2 N–H and O–H groups in total. The average Bonchev–Trinajstić information content (AvgIpc) is 3.15. The first-order chi connectivity index (χ1) is 14.5. The van der Waals surface area contributed by atoms with Gasteiger partial charge < -0.3 is 15.2 Å². The van der Waals surface area contributed by atoms with Crippen molar-refractivity contribution in [3.8, 4) is 11.4 Å². The van der Waals surface area contributed by atoms with Crippen molar-refractivity contribution < 1.29 is 9.32 Å². The molecular weight excluding hydrogens is 378 g/mol. The molecule has 0 atom stereocenters. The highest BCUT2D eigenvalue weighted by Crippen LogP contribution is 2.22. The van der Waals surface area contributed by atoms with Crippen LogP contribution in [0.1, 0.15) is 27.4 Å². The zero-order chi connectivity index (χ0) is 21.1. The van der Waals surface area contributed by atoms with Crippen LogP contribution in [0, 0.1) is 20.8 Å². The van der Waals surface area contributed by atoms with Gasteiger partial charge in [0, 0.05) is 23.4 Å². The number of nitrogens with zero attached hydrogens (tertiary/aromatic N) is 3. The topological polar surface area (TPSA) is 92.9 Å². The molecule has 1 amide bonds. The molecule has 0 spiro atoms. The van der Waals surface area contributed by atoms with Crippen molar-refractivity contribution in [3.05, 3.63) is 83.2 Å².